The molecule has 25 heavy (non-hydrogen) atoms. The summed E-state index contributed by atoms with van der Waals surface area (Å²) in [5, 5.41) is 8.52. The first kappa shape index (κ1) is 26.7. The van der Waals surface area contributed by atoms with E-state index in [1.807, 2.05) is 13.8 Å². The van der Waals surface area contributed by atoms with Crippen LogP contribution in [0.15, 0.2) is 0 Å². The van der Waals surface area contributed by atoms with E-state index in [-0.39, 0.29) is 0 Å². The minimum atomic E-state index is -0.653. The summed E-state index contributed by atoms with van der Waals surface area (Å²) in [5.41, 5.74) is 0. The van der Waals surface area contributed by atoms with Crippen LogP contribution in [0.25, 0.3) is 0 Å². The molecule has 0 saturated heterocycles. The van der Waals surface area contributed by atoms with Gasteiger partial charge in [0.1, 0.15) is 0 Å². The molecule has 0 heterocycles. The first-order valence-electron chi connectivity index (χ1n) is 11.0. The minimum absolute atomic E-state index is 0.345. The van der Waals surface area contributed by atoms with E-state index in [1.165, 1.54) is 83.5 Å². The van der Waals surface area contributed by atoms with Crippen LogP contribution in [0.2, 0.25) is 0 Å². The van der Waals surface area contributed by atoms with Crippen LogP contribution in [0.4, 0.5) is 0 Å². The lowest BCUT2D eigenvalue weighted by Crippen LogP contribution is -1.93. The summed E-state index contributed by atoms with van der Waals surface area (Å²) in [4.78, 5) is 10.3. The molecule has 0 bridgehead atoms. The van der Waals surface area contributed by atoms with Crippen LogP contribution in [0.5, 0.6) is 0 Å². The van der Waals surface area contributed by atoms with E-state index in [2.05, 4.69) is 6.92 Å². The lowest BCUT2D eigenvalue weighted by molar-refractivity contribution is -0.137. The Morgan fingerprint density at radius 3 is 1.16 bits per heavy atom. The van der Waals surface area contributed by atoms with E-state index in [9.17, 15) is 4.79 Å². The Labute approximate surface area is 157 Å². The van der Waals surface area contributed by atoms with Crippen LogP contribution in [0.3, 0.4) is 0 Å². The summed E-state index contributed by atoms with van der Waals surface area (Å²) in [6.07, 6.45) is 20.2. The Balaban J connectivity index is 0. The van der Waals surface area contributed by atoms with E-state index in [1.54, 1.807) is 0 Å². The van der Waals surface area contributed by atoms with Gasteiger partial charge < -0.3 is 9.84 Å². The van der Waals surface area contributed by atoms with Gasteiger partial charge in [0.2, 0.25) is 0 Å². The highest BCUT2D eigenvalue weighted by Crippen LogP contribution is 2.13. The number of rotatable bonds is 18. The van der Waals surface area contributed by atoms with E-state index < -0.39 is 5.97 Å². The standard InChI is InChI=1S/C18H36O2.C4H10O/c1-2-3-4-5-6-7-8-9-10-11-12-13-14-15-16-17-18(19)20;1-3-5-4-2/h2-17H2,1H3,(H,19,20);3-4H2,1-2H3. The smallest absolute Gasteiger partial charge is 0.303 e. The number of carboxylic acids is 1. The lowest BCUT2D eigenvalue weighted by Gasteiger charge is -2.03. The third-order valence-electron chi connectivity index (χ3n) is 4.40. The summed E-state index contributed by atoms with van der Waals surface area (Å²) in [7, 11) is 0. The third kappa shape index (κ3) is 31.7. The molecule has 1 N–H and O–H groups in total. The molecule has 0 rings (SSSR count). The Hall–Kier alpha value is -0.570. The molecule has 0 aliphatic carbocycles. The molecule has 0 radical (unpaired) electrons. The van der Waals surface area contributed by atoms with Crippen LogP contribution < -0.4 is 0 Å². The number of unbranched alkanes of at least 4 members (excludes halogenated alkanes) is 14. The molecule has 0 saturated carbocycles. The zero-order chi connectivity index (χ0) is 19.0. The highest BCUT2D eigenvalue weighted by molar-refractivity contribution is 5.66. The quantitative estimate of drug-likeness (QED) is 0.260. The summed E-state index contributed by atoms with van der Waals surface area (Å²) in [5.74, 6) is -0.653. The molecule has 0 aliphatic heterocycles. The molecule has 0 atom stereocenters. The summed E-state index contributed by atoms with van der Waals surface area (Å²) < 4.78 is 4.83. The van der Waals surface area contributed by atoms with Gasteiger partial charge in [0.25, 0.3) is 0 Å². The van der Waals surface area contributed by atoms with Crippen molar-refractivity contribution in [2.45, 2.75) is 124 Å². The van der Waals surface area contributed by atoms with Crippen LogP contribution in [0.1, 0.15) is 124 Å². The maximum Gasteiger partial charge on any atom is 0.303 e. The predicted molar refractivity (Wildman–Crippen MR) is 109 cm³/mol. The Morgan fingerprint density at radius 2 is 0.920 bits per heavy atom. The van der Waals surface area contributed by atoms with E-state index >= 15 is 0 Å². The van der Waals surface area contributed by atoms with Gasteiger partial charge in [-0.25, -0.2) is 0 Å². The van der Waals surface area contributed by atoms with Crippen molar-refractivity contribution in [3.63, 3.8) is 0 Å². The highest BCUT2D eigenvalue weighted by Gasteiger charge is 1.97. The van der Waals surface area contributed by atoms with Gasteiger partial charge in [-0.2, -0.15) is 0 Å². The van der Waals surface area contributed by atoms with Gasteiger partial charge in [0.15, 0.2) is 0 Å². The fourth-order valence-corrected chi connectivity index (χ4v) is 2.85. The average molecular weight is 359 g/mol. The maximum absolute atomic E-state index is 10.3. The van der Waals surface area contributed by atoms with Crippen LogP contribution in [-0.2, 0) is 9.53 Å². The monoisotopic (exact) mass is 358 g/mol. The second kappa shape index (κ2) is 25.7. The van der Waals surface area contributed by atoms with E-state index in [0.29, 0.717) is 6.42 Å². The van der Waals surface area contributed by atoms with Crippen molar-refractivity contribution in [1.82, 2.24) is 0 Å². The zero-order valence-corrected chi connectivity index (χ0v) is 17.5. The fraction of sp³-hybridized carbons (Fsp3) is 0.955. The van der Waals surface area contributed by atoms with Gasteiger partial charge in [-0.15, -0.1) is 0 Å². The Bertz CT molecular complexity index is 239. The number of aliphatic carboxylic acids is 1. The molecular formula is C22H46O3. The number of hydrogen-bond donors (Lipinski definition) is 1. The molecule has 0 amide bonds. The van der Waals surface area contributed by atoms with E-state index in [0.717, 1.165) is 26.1 Å². The molecule has 0 unspecified atom stereocenters. The van der Waals surface area contributed by atoms with Gasteiger partial charge in [0, 0.05) is 19.6 Å². The van der Waals surface area contributed by atoms with E-state index in [4.69, 9.17) is 9.84 Å². The second-order valence-corrected chi connectivity index (χ2v) is 6.87. The Morgan fingerprint density at radius 1 is 0.600 bits per heavy atom. The van der Waals surface area contributed by atoms with Gasteiger partial charge in [-0.3, -0.25) is 4.79 Å². The molecular weight excluding hydrogens is 312 g/mol. The largest absolute Gasteiger partial charge is 0.481 e. The SMILES string of the molecule is CCCCCCCCCCCCCCCCCC(=O)O.CCOCC. The molecule has 3 nitrogen and oxygen atoms in total. The number of ether oxygens (including phenoxy) is 1. The maximum atomic E-state index is 10.3. The first-order chi connectivity index (χ1) is 12.2. The van der Waals surface area contributed by atoms with Gasteiger partial charge in [0.05, 0.1) is 0 Å². The third-order valence-corrected chi connectivity index (χ3v) is 4.40. The minimum Gasteiger partial charge on any atom is -0.481 e. The fourth-order valence-electron chi connectivity index (χ4n) is 2.85. The molecule has 0 spiro atoms. The zero-order valence-electron chi connectivity index (χ0n) is 17.5. The van der Waals surface area contributed by atoms with Crippen LogP contribution in [0, 0.1) is 0 Å². The van der Waals surface area contributed by atoms with Crippen molar-refractivity contribution >= 4 is 5.97 Å². The van der Waals surface area contributed by atoms with Gasteiger partial charge in [-0.1, -0.05) is 96.8 Å². The number of carboxylic acid groups (broad SMARTS) is 1. The number of carbonyl (C=O) groups is 1. The number of hydrogen-bond acceptors (Lipinski definition) is 2. The van der Waals surface area contributed by atoms with Crippen molar-refractivity contribution in [2.75, 3.05) is 13.2 Å². The lowest BCUT2D eigenvalue weighted by atomic mass is 10.0. The van der Waals surface area contributed by atoms with Gasteiger partial charge in [-0.05, 0) is 20.3 Å². The summed E-state index contributed by atoms with van der Waals surface area (Å²) in [6, 6.07) is 0. The molecule has 0 fully saturated rings. The molecule has 0 aromatic heterocycles. The predicted octanol–water partition coefficient (Wildman–Crippen LogP) is 7.38. The van der Waals surface area contributed by atoms with Crippen molar-refractivity contribution in [1.29, 1.82) is 0 Å². The summed E-state index contributed by atoms with van der Waals surface area (Å²) >= 11 is 0. The van der Waals surface area contributed by atoms with Crippen LogP contribution >= 0.6 is 0 Å². The van der Waals surface area contributed by atoms with Crippen LogP contribution in [-0.4, -0.2) is 24.3 Å². The molecule has 0 aromatic rings. The van der Waals surface area contributed by atoms with Crippen molar-refractivity contribution in [3.8, 4) is 0 Å². The molecule has 3 heteroatoms. The van der Waals surface area contributed by atoms with Crippen molar-refractivity contribution in [2.24, 2.45) is 0 Å². The van der Waals surface area contributed by atoms with Crippen molar-refractivity contribution in [3.05, 3.63) is 0 Å². The molecule has 0 aliphatic rings. The second-order valence-electron chi connectivity index (χ2n) is 6.87. The first-order valence-corrected chi connectivity index (χ1v) is 11.0. The normalized spacial score (nSPS) is 10.4. The average Bonchev–Trinajstić information content (AvgIpc) is 2.59. The van der Waals surface area contributed by atoms with Crippen molar-refractivity contribution < 1.29 is 14.6 Å². The highest BCUT2D eigenvalue weighted by atomic mass is 16.5. The summed E-state index contributed by atoms with van der Waals surface area (Å²) in [6.45, 7) is 7.94. The Kier molecular flexibility index (Phi) is 27.4. The molecule has 0 aromatic carbocycles. The molecule has 152 valence electrons. The van der Waals surface area contributed by atoms with Gasteiger partial charge >= 0.3 is 5.97 Å². The topological polar surface area (TPSA) is 46.5 Å².